The second-order valence-electron chi connectivity index (χ2n) is 14.2. The maximum absolute atomic E-state index is 2.45. The van der Waals surface area contributed by atoms with Crippen molar-refractivity contribution in [2.75, 3.05) is 4.90 Å². The number of nitrogens with zero attached hydrogens (tertiary/aromatic N) is 2. The van der Waals surface area contributed by atoms with E-state index in [1.165, 1.54) is 85.5 Å². The van der Waals surface area contributed by atoms with E-state index in [9.17, 15) is 0 Å². The molecule has 0 bridgehead atoms. The number of hydrogen-bond donors (Lipinski definition) is 0. The molecule has 11 rings (SSSR count). The van der Waals surface area contributed by atoms with Crippen LogP contribution in [0.5, 0.6) is 0 Å². The normalized spacial score (nSPS) is 11.6. The van der Waals surface area contributed by atoms with E-state index in [4.69, 9.17) is 0 Å². The third kappa shape index (κ3) is 5.40. The van der Waals surface area contributed by atoms with Gasteiger partial charge in [0.15, 0.2) is 0 Å². The van der Waals surface area contributed by atoms with E-state index in [0.717, 1.165) is 11.4 Å². The van der Waals surface area contributed by atoms with Gasteiger partial charge in [0.2, 0.25) is 0 Å². The zero-order valence-electron chi connectivity index (χ0n) is 29.9. The first-order chi connectivity index (χ1) is 27.3. The molecule has 0 aliphatic carbocycles. The molecule has 0 aliphatic heterocycles. The molecule has 0 aliphatic rings. The Hall–Kier alpha value is -6.64. The monoisotopic (exact) mass is 766 g/mol. The van der Waals surface area contributed by atoms with Gasteiger partial charge in [-0.25, -0.2) is 0 Å². The molecule has 0 radical (unpaired) electrons. The topological polar surface area (TPSA) is 8.17 Å². The molecule has 2 heterocycles. The molecule has 0 saturated heterocycles. The fourth-order valence-electron chi connectivity index (χ4n) is 8.36. The molecule has 0 spiro atoms. The Bertz CT molecular complexity index is 3210. The number of rotatable bonds is 6. The van der Waals surface area contributed by atoms with Crippen LogP contribution in [0.1, 0.15) is 0 Å². The van der Waals surface area contributed by atoms with E-state index in [-0.39, 0.29) is 14.5 Å². The molecule has 0 fully saturated rings. The van der Waals surface area contributed by atoms with E-state index < -0.39 is 0 Å². The molecule has 0 unspecified atom stereocenters. The molecule has 11 aromatic rings. The first kappa shape index (κ1) is 31.8. The van der Waals surface area contributed by atoms with Crippen molar-refractivity contribution in [3.8, 4) is 27.9 Å². The fraction of sp³-hybridized carbons (Fsp3) is 0. The second-order valence-corrected chi connectivity index (χ2v) is 16.4. The Labute approximate surface area is 325 Å². The number of hydrogen-bond acceptors (Lipinski definition) is 1. The third-order valence-corrected chi connectivity index (χ3v) is 13.4. The van der Waals surface area contributed by atoms with Crippen LogP contribution in [0.25, 0.3) is 79.8 Å². The summed E-state index contributed by atoms with van der Waals surface area (Å²) in [6.45, 7) is 0. The van der Waals surface area contributed by atoms with Gasteiger partial charge in [-0.2, -0.15) is 0 Å². The van der Waals surface area contributed by atoms with Crippen LogP contribution in [0.3, 0.4) is 0 Å². The summed E-state index contributed by atoms with van der Waals surface area (Å²) in [6.07, 6.45) is 0. The van der Waals surface area contributed by atoms with Crippen molar-refractivity contribution in [2.45, 2.75) is 0 Å². The summed E-state index contributed by atoms with van der Waals surface area (Å²) in [5.74, 6) is 0. The van der Waals surface area contributed by atoms with Crippen molar-refractivity contribution in [1.29, 1.82) is 0 Å². The summed E-state index contributed by atoms with van der Waals surface area (Å²) in [5.41, 5.74) is 11.9. The van der Waals surface area contributed by atoms with Gasteiger partial charge < -0.3 is 4.57 Å². The maximum atomic E-state index is 2.45. The van der Waals surface area contributed by atoms with Crippen LogP contribution >= 0.6 is 0 Å². The summed E-state index contributed by atoms with van der Waals surface area (Å²) >= 11 is 0.262. The van der Waals surface area contributed by atoms with Crippen molar-refractivity contribution >= 4 is 83.4 Å². The van der Waals surface area contributed by atoms with Crippen molar-refractivity contribution in [3.05, 3.63) is 206 Å². The molecule has 0 N–H and O–H groups in total. The predicted octanol–water partition coefficient (Wildman–Crippen LogP) is 14.1. The van der Waals surface area contributed by atoms with Crippen molar-refractivity contribution in [3.63, 3.8) is 0 Å². The molecular formula is C52H34N2Se. The summed E-state index contributed by atoms with van der Waals surface area (Å²) in [7, 11) is 0. The summed E-state index contributed by atoms with van der Waals surface area (Å²) in [6, 6.07) is 75.7. The number of benzene rings is 9. The third-order valence-electron chi connectivity index (χ3n) is 11.0. The Morgan fingerprint density at radius 2 is 1.02 bits per heavy atom. The van der Waals surface area contributed by atoms with Crippen LogP contribution < -0.4 is 4.90 Å². The van der Waals surface area contributed by atoms with Gasteiger partial charge >= 0.3 is 257 Å². The minimum atomic E-state index is 0.262. The number of para-hydroxylation sites is 3. The average molecular weight is 766 g/mol. The van der Waals surface area contributed by atoms with E-state index in [2.05, 4.69) is 216 Å². The molecule has 3 heteroatoms. The molecule has 0 saturated carbocycles. The Balaban J connectivity index is 1.05. The van der Waals surface area contributed by atoms with Gasteiger partial charge in [0, 0.05) is 5.69 Å². The Morgan fingerprint density at radius 1 is 0.364 bits per heavy atom. The summed E-state index contributed by atoms with van der Waals surface area (Å²) in [4.78, 5) is 2.45. The molecule has 2 aromatic heterocycles. The summed E-state index contributed by atoms with van der Waals surface area (Å²) < 4.78 is 5.26. The Morgan fingerprint density at radius 3 is 1.91 bits per heavy atom. The smallest absolute Gasteiger partial charge is 0.0602 e. The molecule has 258 valence electrons. The number of anilines is 3. The van der Waals surface area contributed by atoms with E-state index >= 15 is 0 Å². The first-order valence-electron chi connectivity index (χ1n) is 18.8. The van der Waals surface area contributed by atoms with Gasteiger partial charge in [-0.3, -0.25) is 0 Å². The van der Waals surface area contributed by atoms with Gasteiger partial charge in [0.1, 0.15) is 0 Å². The van der Waals surface area contributed by atoms with Gasteiger partial charge in [-0.1, -0.05) is 36.4 Å². The first-order valence-corrected chi connectivity index (χ1v) is 20.5. The fourth-order valence-corrected chi connectivity index (χ4v) is 10.8. The standard InChI is InChI=1S/C52H34N2Se/c1-2-14-40(15-3-1)54-49-20-10-7-17-44(49)47-33-38(26-31-50(47)54)36-24-27-41(28-25-36)53(42-29-30-46-45-18-8-11-21-51(45)55-52(46)34-42)48-19-9-6-16-43(48)39-23-22-35-12-4-5-13-37(35)32-39/h1-34H. The number of fused-ring (bicyclic) bond motifs is 7. The molecule has 55 heavy (non-hydrogen) atoms. The van der Waals surface area contributed by atoms with Gasteiger partial charge in [0.25, 0.3) is 0 Å². The minimum absolute atomic E-state index is 0.262. The molecule has 2 nitrogen and oxygen atoms in total. The van der Waals surface area contributed by atoms with Crippen molar-refractivity contribution in [2.24, 2.45) is 0 Å². The van der Waals surface area contributed by atoms with Gasteiger partial charge in [-0.05, 0) is 18.2 Å². The minimum Gasteiger partial charge on any atom is -0.0602 e. The quantitative estimate of drug-likeness (QED) is 0.153. The molecular weight excluding hydrogens is 732 g/mol. The second kappa shape index (κ2) is 13.0. The average Bonchev–Trinajstić information content (AvgIpc) is 3.79. The van der Waals surface area contributed by atoms with Crippen LogP contribution in [0.2, 0.25) is 0 Å². The van der Waals surface area contributed by atoms with Crippen molar-refractivity contribution in [1.82, 2.24) is 4.57 Å². The van der Waals surface area contributed by atoms with Crippen LogP contribution in [0, 0.1) is 0 Å². The number of aromatic nitrogens is 1. The SMILES string of the molecule is c1ccc(-n2c3ccccc3c3cc(-c4ccc(N(c5ccc6c(c5)[se]c5ccccc56)c5ccccc5-c5ccc6ccccc6c5)cc4)ccc32)cc1. The van der Waals surface area contributed by atoms with E-state index in [0.29, 0.717) is 0 Å². The van der Waals surface area contributed by atoms with E-state index in [1.54, 1.807) is 0 Å². The van der Waals surface area contributed by atoms with Gasteiger partial charge in [-0.15, -0.1) is 0 Å². The van der Waals surface area contributed by atoms with E-state index in [1.807, 2.05) is 0 Å². The predicted molar refractivity (Wildman–Crippen MR) is 236 cm³/mol. The van der Waals surface area contributed by atoms with Crippen LogP contribution in [0.4, 0.5) is 17.1 Å². The zero-order valence-corrected chi connectivity index (χ0v) is 31.6. The summed E-state index contributed by atoms with van der Waals surface area (Å²) in [5, 5.41) is 7.75. The molecule has 0 atom stereocenters. The van der Waals surface area contributed by atoms with Crippen LogP contribution in [-0.2, 0) is 0 Å². The van der Waals surface area contributed by atoms with Crippen LogP contribution in [0.15, 0.2) is 206 Å². The Kier molecular flexibility index (Phi) is 7.55. The van der Waals surface area contributed by atoms with Crippen LogP contribution in [-0.4, -0.2) is 19.1 Å². The molecule has 9 aromatic carbocycles. The van der Waals surface area contributed by atoms with Crippen molar-refractivity contribution < 1.29 is 0 Å². The van der Waals surface area contributed by atoms with Gasteiger partial charge in [0.05, 0.1) is 5.52 Å². The zero-order chi connectivity index (χ0) is 36.3. The molecule has 0 amide bonds.